The molecule has 1 N–H and O–H groups in total. The van der Waals surface area contributed by atoms with Gasteiger partial charge in [-0.25, -0.2) is 0 Å². The fraction of sp³-hybridized carbons (Fsp3) is 0.318. The third-order valence-electron chi connectivity index (χ3n) is 4.92. The normalized spacial score (nSPS) is 13.4. The lowest BCUT2D eigenvalue weighted by molar-refractivity contribution is 0.0954. The monoisotopic (exact) mass is 376 g/mol. The summed E-state index contributed by atoms with van der Waals surface area (Å²) in [6.07, 6.45) is 5.27. The molecule has 1 aromatic heterocycles. The average Bonchev–Trinajstić information content (AvgIpc) is 2.95. The van der Waals surface area contributed by atoms with Crippen molar-refractivity contribution in [2.75, 3.05) is 6.54 Å². The molecule has 0 aliphatic carbocycles. The zero-order valence-corrected chi connectivity index (χ0v) is 15.8. The molecular formula is C22H24N4O2. The summed E-state index contributed by atoms with van der Waals surface area (Å²) in [5.74, 6) is 3.42. The van der Waals surface area contributed by atoms with Crippen LogP contribution in [0.15, 0.2) is 54.6 Å². The van der Waals surface area contributed by atoms with E-state index in [1.807, 2.05) is 30.3 Å². The molecule has 1 amide bonds. The Bertz CT molecular complexity index is 919. The van der Waals surface area contributed by atoms with Crippen molar-refractivity contribution in [2.24, 2.45) is 0 Å². The van der Waals surface area contributed by atoms with Crippen LogP contribution in [0.3, 0.4) is 0 Å². The van der Waals surface area contributed by atoms with Gasteiger partial charge in [0.25, 0.3) is 5.91 Å². The van der Waals surface area contributed by atoms with Crippen LogP contribution in [0.25, 0.3) is 0 Å². The summed E-state index contributed by atoms with van der Waals surface area (Å²) in [5, 5.41) is 11.6. The number of amides is 1. The van der Waals surface area contributed by atoms with Crippen LogP contribution in [0.2, 0.25) is 0 Å². The molecule has 2 heterocycles. The molecule has 6 heteroatoms. The number of para-hydroxylation sites is 1. The van der Waals surface area contributed by atoms with Gasteiger partial charge in [0, 0.05) is 31.5 Å². The van der Waals surface area contributed by atoms with E-state index in [9.17, 15) is 4.79 Å². The lowest BCUT2D eigenvalue weighted by Crippen LogP contribution is -2.26. The van der Waals surface area contributed by atoms with Crippen LogP contribution in [0.4, 0.5) is 0 Å². The number of ether oxygens (including phenoxy) is 1. The molecule has 1 aliphatic heterocycles. The Labute approximate surface area is 164 Å². The largest absolute Gasteiger partial charge is 0.457 e. The van der Waals surface area contributed by atoms with Gasteiger partial charge in [0.05, 0.1) is 0 Å². The number of carbonyl (C=O) groups excluding carboxylic acids is 1. The number of fused-ring (bicyclic) bond motifs is 1. The van der Waals surface area contributed by atoms with Gasteiger partial charge in [-0.15, -0.1) is 10.2 Å². The highest BCUT2D eigenvalue weighted by Gasteiger charge is 2.14. The van der Waals surface area contributed by atoms with Crippen LogP contribution in [0.1, 0.15) is 41.3 Å². The van der Waals surface area contributed by atoms with Gasteiger partial charge < -0.3 is 14.6 Å². The number of benzene rings is 2. The molecule has 2 aromatic carbocycles. The molecule has 6 nitrogen and oxygen atoms in total. The van der Waals surface area contributed by atoms with Gasteiger partial charge >= 0.3 is 0 Å². The van der Waals surface area contributed by atoms with Crippen LogP contribution < -0.4 is 10.1 Å². The van der Waals surface area contributed by atoms with Crippen LogP contribution in [-0.2, 0) is 19.4 Å². The van der Waals surface area contributed by atoms with Crippen molar-refractivity contribution in [2.45, 2.75) is 38.6 Å². The second-order valence-electron chi connectivity index (χ2n) is 6.94. The molecule has 0 saturated heterocycles. The maximum Gasteiger partial charge on any atom is 0.251 e. The van der Waals surface area contributed by atoms with Crippen molar-refractivity contribution in [3.63, 3.8) is 0 Å². The lowest BCUT2D eigenvalue weighted by atomic mass is 10.2. The van der Waals surface area contributed by atoms with E-state index in [2.05, 4.69) is 20.1 Å². The molecule has 1 aliphatic rings. The van der Waals surface area contributed by atoms with Crippen molar-refractivity contribution in [3.8, 4) is 11.5 Å². The van der Waals surface area contributed by atoms with Gasteiger partial charge in [-0.3, -0.25) is 4.79 Å². The second-order valence-corrected chi connectivity index (χ2v) is 6.94. The van der Waals surface area contributed by atoms with Crippen molar-refractivity contribution in [3.05, 3.63) is 71.8 Å². The lowest BCUT2D eigenvalue weighted by Gasteiger charge is -2.09. The quantitative estimate of drug-likeness (QED) is 0.711. The van der Waals surface area contributed by atoms with Crippen LogP contribution >= 0.6 is 0 Å². The number of carbonyl (C=O) groups is 1. The van der Waals surface area contributed by atoms with Crippen LogP contribution in [0.5, 0.6) is 11.5 Å². The summed E-state index contributed by atoms with van der Waals surface area (Å²) in [4.78, 5) is 12.4. The van der Waals surface area contributed by atoms with E-state index in [1.54, 1.807) is 24.3 Å². The molecule has 0 bridgehead atoms. The van der Waals surface area contributed by atoms with E-state index < -0.39 is 0 Å². The molecule has 4 rings (SSSR count). The van der Waals surface area contributed by atoms with Gasteiger partial charge in [0.15, 0.2) is 0 Å². The SMILES string of the molecule is O=C(NCCc1nnc2n1CCCCC2)c1ccc(Oc2ccccc2)cc1. The predicted molar refractivity (Wildman–Crippen MR) is 107 cm³/mol. The first-order valence-corrected chi connectivity index (χ1v) is 9.82. The van der Waals surface area contributed by atoms with Crippen LogP contribution in [0, 0.1) is 0 Å². The van der Waals surface area contributed by atoms with Crippen molar-refractivity contribution in [1.29, 1.82) is 0 Å². The Balaban J connectivity index is 1.30. The first kappa shape index (κ1) is 18.2. The zero-order chi connectivity index (χ0) is 19.2. The number of nitrogens with one attached hydrogen (secondary N) is 1. The summed E-state index contributed by atoms with van der Waals surface area (Å²) in [5.41, 5.74) is 0.612. The third kappa shape index (κ3) is 4.39. The van der Waals surface area contributed by atoms with Crippen molar-refractivity contribution < 1.29 is 9.53 Å². The highest BCUT2D eigenvalue weighted by molar-refractivity contribution is 5.94. The molecule has 0 unspecified atom stereocenters. The topological polar surface area (TPSA) is 69.0 Å². The second kappa shape index (κ2) is 8.69. The molecule has 0 fully saturated rings. The van der Waals surface area contributed by atoms with E-state index in [-0.39, 0.29) is 5.91 Å². The number of aromatic nitrogens is 3. The minimum atomic E-state index is -0.0955. The smallest absolute Gasteiger partial charge is 0.251 e. The Hall–Kier alpha value is -3.15. The fourth-order valence-corrected chi connectivity index (χ4v) is 3.42. The number of hydrogen-bond acceptors (Lipinski definition) is 4. The van der Waals surface area contributed by atoms with E-state index >= 15 is 0 Å². The number of nitrogens with zero attached hydrogens (tertiary/aromatic N) is 3. The summed E-state index contributed by atoms with van der Waals surface area (Å²) in [6, 6.07) is 16.7. The molecule has 28 heavy (non-hydrogen) atoms. The summed E-state index contributed by atoms with van der Waals surface area (Å²) in [7, 11) is 0. The Morgan fingerprint density at radius 1 is 0.964 bits per heavy atom. The fourth-order valence-electron chi connectivity index (χ4n) is 3.42. The van der Waals surface area contributed by atoms with Crippen molar-refractivity contribution >= 4 is 5.91 Å². The van der Waals surface area contributed by atoms with E-state index in [0.29, 0.717) is 24.3 Å². The van der Waals surface area contributed by atoms with E-state index in [1.165, 1.54) is 19.3 Å². The maximum atomic E-state index is 12.4. The van der Waals surface area contributed by atoms with E-state index in [4.69, 9.17) is 4.74 Å². The highest BCUT2D eigenvalue weighted by atomic mass is 16.5. The zero-order valence-electron chi connectivity index (χ0n) is 15.8. The number of rotatable bonds is 6. The molecule has 144 valence electrons. The highest BCUT2D eigenvalue weighted by Crippen LogP contribution is 2.21. The average molecular weight is 376 g/mol. The van der Waals surface area contributed by atoms with Gasteiger partial charge in [0.2, 0.25) is 0 Å². The minimum absolute atomic E-state index is 0.0955. The molecule has 0 atom stereocenters. The van der Waals surface area contributed by atoms with Gasteiger partial charge in [-0.2, -0.15) is 0 Å². The van der Waals surface area contributed by atoms with E-state index in [0.717, 1.165) is 30.4 Å². The summed E-state index contributed by atoms with van der Waals surface area (Å²) in [6.45, 7) is 1.52. The van der Waals surface area contributed by atoms with Crippen LogP contribution in [-0.4, -0.2) is 27.2 Å². The van der Waals surface area contributed by atoms with Gasteiger partial charge in [0.1, 0.15) is 23.1 Å². The summed E-state index contributed by atoms with van der Waals surface area (Å²) < 4.78 is 7.97. The van der Waals surface area contributed by atoms with Gasteiger partial charge in [-0.05, 0) is 49.2 Å². The molecule has 0 saturated carbocycles. The number of hydrogen-bond donors (Lipinski definition) is 1. The molecule has 0 spiro atoms. The van der Waals surface area contributed by atoms with Crippen molar-refractivity contribution in [1.82, 2.24) is 20.1 Å². The first-order chi connectivity index (χ1) is 13.8. The Morgan fingerprint density at radius 3 is 2.57 bits per heavy atom. The predicted octanol–water partition coefficient (Wildman–Crippen LogP) is 3.77. The van der Waals surface area contributed by atoms with Gasteiger partial charge in [-0.1, -0.05) is 24.6 Å². The summed E-state index contributed by atoms with van der Waals surface area (Å²) >= 11 is 0. The minimum Gasteiger partial charge on any atom is -0.457 e. The Kier molecular flexibility index (Phi) is 5.66. The Morgan fingerprint density at radius 2 is 1.75 bits per heavy atom. The molecular weight excluding hydrogens is 352 g/mol. The number of aryl methyl sites for hydroxylation is 1. The molecule has 0 radical (unpaired) electrons. The molecule has 3 aromatic rings. The standard InChI is InChI=1S/C22H24N4O2/c27-22(17-10-12-19(13-11-17)28-18-7-3-1-4-8-18)23-15-14-21-25-24-20-9-5-2-6-16-26(20)21/h1,3-4,7-8,10-13H,2,5-6,9,14-16H2,(H,23,27). The third-order valence-corrected chi connectivity index (χ3v) is 4.92. The maximum absolute atomic E-state index is 12.4. The first-order valence-electron chi connectivity index (χ1n) is 9.82.